The molecule has 8 heteroatoms. The Hall–Kier alpha value is -2.77. The van der Waals surface area contributed by atoms with Crippen LogP contribution in [0, 0.1) is 5.82 Å². The van der Waals surface area contributed by atoms with Gasteiger partial charge in [-0.3, -0.25) is 0 Å². The minimum absolute atomic E-state index is 0.320. The fraction of sp³-hybridized carbons (Fsp3) is 0.250. The number of rotatable bonds is 2. The number of hydrogen-bond donors (Lipinski definition) is 1. The van der Waals surface area contributed by atoms with E-state index < -0.39 is 30.7 Å². The first-order chi connectivity index (χ1) is 11.4. The van der Waals surface area contributed by atoms with Gasteiger partial charge in [-0.1, -0.05) is 12.1 Å². The number of nitrogen functional groups attached to an aromatic ring is 1. The van der Waals surface area contributed by atoms with Gasteiger partial charge in [-0.2, -0.15) is 4.52 Å². The second kappa shape index (κ2) is 5.12. The third-order valence-corrected chi connectivity index (χ3v) is 4.17. The van der Waals surface area contributed by atoms with Gasteiger partial charge < -0.3 is 10.6 Å². The molecule has 2 N–H and O–H groups in total. The standard InChI is InChI=1S/C16H14F3N5/c17-11-3-1-2-10(6-11)12-7-16(18,19)9-23(12)15-5-4-14-21-8-13(20)24(14)22-15/h1-6,8,12H,7,9,20H2/t12-/m1/s1. The molecule has 1 aromatic carbocycles. The minimum Gasteiger partial charge on any atom is -0.382 e. The lowest BCUT2D eigenvalue weighted by Gasteiger charge is -2.25. The van der Waals surface area contributed by atoms with Gasteiger partial charge in [0.25, 0.3) is 5.92 Å². The second-order valence-corrected chi connectivity index (χ2v) is 5.90. The molecule has 1 saturated heterocycles. The van der Waals surface area contributed by atoms with E-state index in [1.54, 1.807) is 18.2 Å². The van der Waals surface area contributed by atoms with E-state index in [1.807, 2.05) is 0 Å². The summed E-state index contributed by atoms with van der Waals surface area (Å²) in [5.41, 5.74) is 6.81. The first-order valence-electron chi connectivity index (χ1n) is 7.43. The van der Waals surface area contributed by atoms with Gasteiger partial charge in [-0.25, -0.2) is 18.2 Å². The normalized spacial score (nSPS) is 20.0. The van der Waals surface area contributed by atoms with Crippen LogP contribution in [-0.2, 0) is 0 Å². The Morgan fingerprint density at radius 3 is 2.83 bits per heavy atom. The highest BCUT2D eigenvalue weighted by Crippen LogP contribution is 2.43. The van der Waals surface area contributed by atoms with Crippen molar-refractivity contribution in [1.82, 2.24) is 14.6 Å². The van der Waals surface area contributed by atoms with Gasteiger partial charge in [0.05, 0.1) is 18.8 Å². The summed E-state index contributed by atoms with van der Waals surface area (Å²) in [6, 6.07) is 8.36. The third-order valence-electron chi connectivity index (χ3n) is 4.17. The average Bonchev–Trinajstić information content (AvgIpc) is 3.07. The van der Waals surface area contributed by atoms with Crippen molar-refractivity contribution in [1.29, 1.82) is 0 Å². The maximum Gasteiger partial charge on any atom is 0.267 e. The SMILES string of the molecule is Nc1cnc2ccc(N3CC(F)(F)C[C@@H]3c3cccc(F)c3)nn12. The van der Waals surface area contributed by atoms with E-state index in [1.165, 1.54) is 33.8 Å². The Bertz CT molecular complexity index is 908. The minimum atomic E-state index is -2.88. The van der Waals surface area contributed by atoms with Crippen LogP contribution in [0.4, 0.5) is 24.8 Å². The van der Waals surface area contributed by atoms with E-state index in [-0.39, 0.29) is 0 Å². The van der Waals surface area contributed by atoms with Gasteiger partial charge in [-0.05, 0) is 29.8 Å². The number of aromatic nitrogens is 3. The summed E-state index contributed by atoms with van der Waals surface area (Å²) in [6.07, 6.45) is 1.06. The molecule has 1 aliphatic rings. The van der Waals surface area contributed by atoms with Crippen molar-refractivity contribution >= 4 is 17.3 Å². The monoisotopic (exact) mass is 333 g/mol. The molecule has 5 nitrogen and oxygen atoms in total. The number of nitrogens with two attached hydrogens (primary N) is 1. The zero-order valence-electron chi connectivity index (χ0n) is 12.5. The molecular formula is C16H14F3N5. The van der Waals surface area contributed by atoms with E-state index in [0.717, 1.165) is 0 Å². The smallest absolute Gasteiger partial charge is 0.267 e. The number of fused-ring (bicyclic) bond motifs is 1. The van der Waals surface area contributed by atoms with Gasteiger partial charge in [-0.15, -0.1) is 5.10 Å². The molecule has 1 aliphatic heterocycles. The highest BCUT2D eigenvalue weighted by atomic mass is 19.3. The van der Waals surface area contributed by atoms with E-state index in [0.29, 0.717) is 22.8 Å². The summed E-state index contributed by atoms with van der Waals surface area (Å²) in [6.45, 7) is -0.485. The average molecular weight is 333 g/mol. The molecule has 1 atom stereocenters. The molecule has 124 valence electrons. The highest BCUT2D eigenvalue weighted by molar-refractivity contribution is 5.53. The Balaban J connectivity index is 1.79. The Kier molecular flexibility index (Phi) is 3.16. The maximum absolute atomic E-state index is 14.0. The maximum atomic E-state index is 14.0. The zero-order valence-corrected chi connectivity index (χ0v) is 12.5. The summed E-state index contributed by atoms with van der Waals surface area (Å²) in [5, 5.41) is 4.31. The Morgan fingerprint density at radius 2 is 2.04 bits per heavy atom. The number of benzene rings is 1. The van der Waals surface area contributed by atoms with Crippen molar-refractivity contribution in [2.24, 2.45) is 0 Å². The van der Waals surface area contributed by atoms with Crippen molar-refractivity contribution in [2.75, 3.05) is 17.2 Å². The van der Waals surface area contributed by atoms with E-state index in [2.05, 4.69) is 10.1 Å². The number of alkyl halides is 2. The summed E-state index contributed by atoms with van der Waals surface area (Å²) in [4.78, 5) is 5.54. The topological polar surface area (TPSA) is 59.5 Å². The van der Waals surface area contributed by atoms with Crippen LogP contribution in [0.15, 0.2) is 42.6 Å². The Morgan fingerprint density at radius 1 is 1.21 bits per heavy atom. The first kappa shape index (κ1) is 14.8. The van der Waals surface area contributed by atoms with Crippen LogP contribution < -0.4 is 10.6 Å². The number of hydrogen-bond acceptors (Lipinski definition) is 4. The molecule has 0 bridgehead atoms. The van der Waals surface area contributed by atoms with Crippen LogP contribution in [0.25, 0.3) is 5.65 Å². The molecule has 0 radical (unpaired) electrons. The lowest BCUT2D eigenvalue weighted by molar-refractivity contribution is 0.0222. The number of nitrogens with zero attached hydrogens (tertiary/aromatic N) is 4. The van der Waals surface area contributed by atoms with Crippen LogP contribution in [0.2, 0.25) is 0 Å². The molecule has 0 amide bonds. The van der Waals surface area contributed by atoms with Crippen LogP contribution in [0.3, 0.4) is 0 Å². The molecule has 2 aromatic heterocycles. The van der Waals surface area contributed by atoms with Crippen molar-refractivity contribution in [3.63, 3.8) is 0 Å². The van der Waals surface area contributed by atoms with Crippen molar-refractivity contribution < 1.29 is 13.2 Å². The largest absolute Gasteiger partial charge is 0.382 e. The molecule has 1 fully saturated rings. The molecule has 24 heavy (non-hydrogen) atoms. The van der Waals surface area contributed by atoms with E-state index in [9.17, 15) is 13.2 Å². The molecule has 4 rings (SSSR count). The van der Waals surface area contributed by atoms with Gasteiger partial charge in [0.15, 0.2) is 5.65 Å². The predicted molar refractivity (Wildman–Crippen MR) is 83.5 cm³/mol. The highest BCUT2D eigenvalue weighted by Gasteiger charge is 2.46. The van der Waals surface area contributed by atoms with Gasteiger partial charge in [0.1, 0.15) is 17.5 Å². The predicted octanol–water partition coefficient (Wildman–Crippen LogP) is 3.04. The van der Waals surface area contributed by atoms with Crippen LogP contribution in [0.1, 0.15) is 18.0 Å². The molecule has 0 unspecified atom stereocenters. The van der Waals surface area contributed by atoms with Gasteiger partial charge in [0.2, 0.25) is 0 Å². The van der Waals surface area contributed by atoms with Crippen LogP contribution in [-0.4, -0.2) is 27.1 Å². The van der Waals surface area contributed by atoms with E-state index >= 15 is 0 Å². The molecule has 0 aliphatic carbocycles. The lowest BCUT2D eigenvalue weighted by Crippen LogP contribution is -2.27. The van der Waals surface area contributed by atoms with Crippen LogP contribution >= 0.6 is 0 Å². The fourth-order valence-corrected chi connectivity index (χ4v) is 3.10. The molecule has 3 heterocycles. The Labute approximate surface area is 135 Å². The van der Waals surface area contributed by atoms with Crippen LogP contribution in [0.5, 0.6) is 0 Å². The molecular weight excluding hydrogens is 319 g/mol. The zero-order chi connectivity index (χ0) is 16.9. The number of anilines is 2. The lowest BCUT2D eigenvalue weighted by atomic mass is 10.0. The first-order valence-corrected chi connectivity index (χ1v) is 7.43. The van der Waals surface area contributed by atoms with Gasteiger partial charge >= 0.3 is 0 Å². The summed E-state index contributed by atoms with van der Waals surface area (Å²) in [5.74, 6) is -2.67. The molecule has 0 saturated carbocycles. The summed E-state index contributed by atoms with van der Waals surface area (Å²) in [7, 11) is 0. The second-order valence-electron chi connectivity index (χ2n) is 5.90. The number of halogens is 3. The summed E-state index contributed by atoms with van der Waals surface area (Å²) < 4.78 is 43.0. The van der Waals surface area contributed by atoms with Crippen molar-refractivity contribution in [3.05, 3.63) is 54.0 Å². The quantitative estimate of drug-likeness (QED) is 0.783. The summed E-state index contributed by atoms with van der Waals surface area (Å²) >= 11 is 0. The fourth-order valence-electron chi connectivity index (χ4n) is 3.10. The van der Waals surface area contributed by atoms with E-state index in [4.69, 9.17) is 5.73 Å². The third kappa shape index (κ3) is 2.44. The van der Waals surface area contributed by atoms with Gasteiger partial charge in [0, 0.05) is 6.42 Å². The van der Waals surface area contributed by atoms with Crippen molar-refractivity contribution in [2.45, 2.75) is 18.4 Å². The van der Waals surface area contributed by atoms with Crippen molar-refractivity contribution in [3.8, 4) is 0 Å². The number of imidazole rings is 1. The molecule has 0 spiro atoms. The molecule has 3 aromatic rings.